The molecule has 2 heterocycles. The number of carbonyl (C=O) groups is 1. The second-order valence-electron chi connectivity index (χ2n) is 7.86. The zero-order valence-electron chi connectivity index (χ0n) is 17.0. The Morgan fingerprint density at radius 1 is 0.968 bits per heavy atom. The van der Waals surface area contributed by atoms with E-state index in [1.165, 1.54) is 0 Å². The van der Waals surface area contributed by atoms with Crippen molar-refractivity contribution in [2.75, 3.05) is 6.54 Å². The third-order valence-electron chi connectivity index (χ3n) is 5.79. The number of hydrogen-bond donors (Lipinski definition) is 0. The summed E-state index contributed by atoms with van der Waals surface area (Å²) in [4.78, 5) is 28.7. The Bertz CT molecular complexity index is 1340. The van der Waals surface area contributed by atoms with Crippen molar-refractivity contribution in [1.29, 1.82) is 0 Å². The van der Waals surface area contributed by atoms with Crippen LogP contribution in [-0.2, 0) is 6.42 Å². The van der Waals surface area contributed by atoms with Gasteiger partial charge in [0.15, 0.2) is 5.43 Å². The quantitative estimate of drug-likeness (QED) is 0.427. The minimum Gasteiger partial charge on any atom is -0.450 e. The maximum atomic E-state index is 13.5. The molecule has 0 unspecified atom stereocenters. The first kappa shape index (κ1) is 19.6. The maximum Gasteiger partial charge on any atom is 0.290 e. The van der Waals surface area contributed by atoms with Gasteiger partial charge in [-0.05, 0) is 48.7 Å². The average Bonchev–Trinajstić information content (AvgIpc) is 3.06. The second-order valence-corrected chi connectivity index (χ2v) is 8.30. The second kappa shape index (κ2) is 7.71. The summed E-state index contributed by atoms with van der Waals surface area (Å²) >= 11 is 6.09. The Balaban J connectivity index is 1.66. The van der Waals surface area contributed by atoms with Crippen molar-refractivity contribution in [3.05, 3.63) is 116 Å². The van der Waals surface area contributed by atoms with Crippen molar-refractivity contribution in [1.82, 2.24) is 4.90 Å². The molecule has 1 aromatic heterocycles. The zero-order valence-corrected chi connectivity index (χ0v) is 17.7. The van der Waals surface area contributed by atoms with Crippen LogP contribution in [-0.4, -0.2) is 17.4 Å². The number of carbonyl (C=O) groups excluding carboxylic acids is 1. The molecule has 154 valence electrons. The highest BCUT2D eigenvalue weighted by molar-refractivity contribution is 6.30. The third kappa shape index (κ3) is 3.43. The number of benzene rings is 3. The monoisotopic (exact) mass is 429 g/mol. The lowest BCUT2D eigenvalue weighted by Gasteiger charge is -2.25. The van der Waals surface area contributed by atoms with E-state index in [2.05, 4.69) is 0 Å². The van der Waals surface area contributed by atoms with Crippen LogP contribution in [0.1, 0.15) is 38.9 Å². The van der Waals surface area contributed by atoms with Crippen molar-refractivity contribution in [2.45, 2.75) is 19.4 Å². The summed E-state index contributed by atoms with van der Waals surface area (Å²) in [5.74, 6) is -0.125. The van der Waals surface area contributed by atoms with Crippen LogP contribution >= 0.6 is 11.6 Å². The lowest BCUT2D eigenvalue weighted by atomic mass is 9.98. The maximum absolute atomic E-state index is 13.5. The molecule has 5 rings (SSSR count). The van der Waals surface area contributed by atoms with Crippen molar-refractivity contribution in [2.24, 2.45) is 0 Å². The Morgan fingerprint density at radius 2 is 1.71 bits per heavy atom. The fourth-order valence-corrected chi connectivity index (χ4v) is 4.38. The number of amides is 1. The molecule has 3 aromatic carbocycles. The Kier molecular flexibility index (Phi) is 4.87. The first-order chi connectivity index (χ1) is 15.0. The van der Waals surface area contributed by atoms with E-state index in [-0.39, 0.29) is 17.1 Å². The molecule has 0 saturated heterocycles. The van der Waals surface area contributed by atoms with Crippen LogP contribution in [0, 0.1) is 6.92 Å². The lowest BCUT2D eigenvalue weighted by Crippen LogP contribution is -2.31. The van der Waals surface area contributed by atoms with Gasteiger partial charge in [-0.25, -0.2) is 0 Å². The van der Waals surface area contributed by atoms with Gasteiger partial charge >= 0.3 is 0 Å². The van der Waals surface area contributed by atoms with Gasteiger partial charge in [0.05, 0.1) is 17.0 Å². The molecule has 1 aliphatic heterocycles. The number of fused-ring (bicyclic) bond motifs is 2. The highest BCUT2D eigenvalue weighted by Crippen LogP contribution is 2.38. The van der Waals surface area contributed by atoms with E-state index in [9.17, 15) is 9.59 Å². The van der Waals surface area contributed by atoms with Crippen molar-refractivity contribution in [3.8, 4) is 0 Å². The molecule has 0 spiro atoms. The Morgan fingerprint density at radius 3 is 2.45 bits per heavy atom. The van der Waals surface area contributed by atoms with E-state index >= 15 is 0 Å². The molecule has 0 fully saturated rings. The van der Waals surface area contributed by atoms with Gasteiger partial charge in [-0.3, -0.25) is 9.59 Å². The summed E-state index contributed by atoms with van der Waals surface area (Å²) in [5.41, 5.74) is 3.61. The van der Waals surface area contributed by atoms with Gasteiger partial charge in [-0.15, -0.1) is 0 Å². The van der Waals surface area contributed by atoms with E-state index in [4.69, 9.17) is 16.0 Å². The molecule has 1 aliphatic rings. The molecular formula is C26H20ClNO3. The van der Waals surface area contributed by atoms with E-state index in [1.807, 2.05) is 61.5 Å². The van der Waals surface area contributed by atoms with Gasteiger partial charge in [-0.2, -0.15) is 0 Å². The topological polar surface area (TPSA) is 50.5 Å². The van der Waals surface area contributed by atoms with Gasteiger partial charge in [0.1, 0.15) is 5.58 Å². The molecule has 0 saturated carbocycles. The van der Waals surface area contributed by atoms with Crippen LogP contribution in [0.25, 0.3) is 11.0 Å². The minimum absolute atomic E-state index is 0.134. The van der Waals surface area contributed by atoms with Gasteiger partial charge in [0.2, 0.25) is 5.76 Å². The van der Waals surface area contributed by atoms with Crippen molar-refractivity contribution < 1.29 is 9.21 Å². The van der Waals surface area contributed by atoms with Crippen LogP contribution < -0.4 is 5.43 Å². The van der Waals surface area contributed by atoms with Crippen LogP contribution in [0.3, 0.4) is 0 Å². The minimum atomic E-state index is -0.510. The summed E-state index contributed by atoms with van der Waals surface area (Å²) in [6.45, 7) is 2.40. The summed E-state index contributed by atoms with van der Waals surface area (Å²) in [5, 5.41) is 1.10. The molecule has 0 N–H and O–H groups in total. The van der Waals surface area contributed by atoms with Gasteiger partial charge in [0, 0.05) is 11.6 Å². The van der Waals surface area contributed by atoms with Crippen molar-refractivity contribution in [3.63, 3.8) is 0 Å². The number of nitrogens with zero attached hydrogens (tertiary/aromatic N) is 1. The van der Waals surface area contributed by atoms with Gasteiger partial charge in [-0.1, -0.05) is 65.7 Å². The molecule has 4 aromatic rings. The average molecular weight is 430 g/mol. The molecule has 0 aliphatic carbocycles. The van der Waals surface area contributed by atoms with E-state index in [0.717, 1.165) is 16.7 Å². The number of hydrogen-bond acceptors (Lipinski definition) is 3. The van der Waals surface area contributed by atoms with Crippen LogP contribution in [0.5, 0.6) is 0 Å². The fraction of sp³-hybridized carbons (Fsp3) is 0.154. The number of halogens is 1. The van der Waals surface area contributed by atoms with E-state index in [0.29, 0.717) is 34.5 Å². The van der Waals surface area contributed by atoms with Crippen LogP contribution in [0.15, 0.2) is 82.0 Å². The van der Waals surface area contributed by atoms with Crippen LogP contribution in [0.2, 0.25) is 5.02 Å². The molecule has 0 radical (unpaired) electrons. The molecular weight excluding hydrogens is 410 g/mol. The Labute approximate surface area is 184 Å². The molecule has 4 nitrogen and oxygen atoms in total. The standard InChI is InChI=1S/C26H20ClNO3/c1-16-7-12-21-20(15-16)24(29)22-23(18-8-10-19(27)11-9-18)28(26(30)25(22)31-21)14-13-17-5-3-2-4-6-17/h2-12,15,23H,13-14H2,1H3/t23-/m1/s1. The highest BCUT2D eigenvalue weighted by Gasteiger charge is 2.42. The summed E-state index contributed by atoms with van der Waals surface area (Å²) in [6, 6.07) is 22.2. The number of aryl methyl sites for hydroxylation is 1. The summed E-state index contributed by atoms with van der Waals surface area (Å²) in [6.07, 6.45) is 0.678. The lowest BCUT2D eigenvalue weighted by molar-refractivity contribution is 0.0730. The van der Waals surface area contributed by atoms with E-state index in [1.54, 1.807) is 23.1 Å². The largest absolute Gasteiger partial charge is 0.450 e. The third-order valence-corrected chi connectivity index (χ3v) is 6.04. The highest BCUT2D eigenvalue weighted by atomic mass is 35.5. The molecule has 31 heavy (non-hydrogen) atoms. The molecule has 1 atom stereocenters. The van der Waals surface area contributed by atoms with Crippen molar-refractivity contribution >= 4 is 28.5 Å². The SMILES string of the molecule is Cc1ccc2oc3c(c(=O)c2c1)[C@@H](c1ccc(Cl)cc1)N(CCc1ccccc1)C3=O. The normalized spacial score (nSPS) is 15.5. The van der Waals surface area contributed by atoms with Crippen LogP contribution in [0.4, 0.5) is 0 Å². The molecule has 1 amide bonds. The summed E-state index contributed by atoms with van der Waals surface area (Å²) < 4.78 is 5.99. The first-order valence-electron chi connectivity index (χ1n) is 10.2. The first-order valence-corrected chi connectivity index (χ1v) is 10.6. The molecule has 5 heteroatoms. The summed E-state index contributed by atoms with van der Waals surface area (Å²) in [7, 11) is 0. The van der Waals surface area contributed by atoms with Gasteiger partial charge < -0.3 is 9.32 Å². The predicted octanol–water partition coefficient (Wildman–Crippen LogP) is 5.54. The molecule has 0 bridgehead atoms. The van der Waals surface area contributed by atoms with E-state index < -0.39 is 6.04 Å². The smallest absolute Gasteiger partial charge is 0.290 e. The fourth-order valence-electron chi connectivity index (χ4n) is 4.25. The van der Waals surface area contributed by atoms with Gasteiger partial charge in [0.25, 0.3) is 5.91 Å². The Hall–Kier alpha value is -3.37. The predicted molar refractivity (Wildman–Crippen MR) is 122 cm³/mol. The number of rotatable bonds is 4. The zero-order chi connectivity index (χ0) is 21.5.